The summed E-state index contributed by atoms with van der Waals surface area (Å²) in [5.74, 6) is 1.51. The molecule has 2 aromatic heterocycles. The molecule has 0 N–H and O–H groups in total. The molecule has 0 spiro atoms. The highest BCUT2D eigenvalue weighted by molar-refractivity contribution is 5.64. The minimum Gasteiger partial charge on any atom is -0.332 e. The zero-order valence-electron chi connectivity index (χ0n) is 16.6. The molecule has 6 heteroatoms. The lowest BCUT2D eigenvalue weighted by atomic mass is 9.97. The molecule has 6 nitrogen and oxygen atoms in total. The lowest BCUT2D eigenvalue weighted by Gasteiger charge is -2.08. The van der Waals surface area contributed by atoms with Crippen molar-refractivity contribution in [3.8, 4) is 23.0 Å². The Morgan fingerprint density at radius 1 is 1.19 bits per heavy atom. The predicted octanol–water partition coefficient (Wildman–Crippen LogP) is 4.18. The Labute approximate surface area is 159 Å². The van der Waals surface area contributed by atoms with Crippen LogP contribution in [0.15, 0.2) is 22.7 Å². The first kappa shape index (κ1) is 19.0. The first-order valence-electron chi connectivity index (χ1n) is 9.37. The maximum Gasteiger partial charge on any atom is 0.278 e. The number of carbonyl (C=O) groups is 1. The van der Waals surface area contributed by atoms with E-state index in [1.807, 2.05) is 36.7 Å². The van der Waals surface area contributed by atoms with Crippen LogP contribution in [0.3, 0.4) is 0 Å². The third kappa shape index (κ3) is 3.99. The fraction of sp³-hybridized carbons (Fsp3) is 0.429. The molecule has 0 fully saturated rings. The van der Waals surface area contributed by atoms with Crippen LogP contribution < -0.4 is 0 Å². The van der Waals surface area contributed by atoms with E-state index >= 15 is 0 Å². The number of rotatable bonds is 7. The van der Waals surface area contributed by atoms with Gasteiger partial charge >= 0.3 is 0 Å². The molecule has 3 rings (SSSR count). The number of carbonyl (C=O) groups excluding carboxylic acids is 1. The number of hydrogen-bond acceptors (Lipinski definition) is 5. The molecule has 0 bridgehead atoms. The Morgan fingerprint density at radius 3 is 2.48 bits per heavy atom. The molecule has 0 aliphatic rings. The molecule has 0 saturated carbocycles. The first-order chi connectivity index (χ1) is 12.9. The van der Waals surface area contributed by atoms with Crippen molar-refractivity contribution in [1.29, 1.82) is 0 Å². The molecule has 0 aliphatic carbocycles. The van der Waals surface area contributed by atoms with Crippen molar-refractivity contribution in [2.24, 2.45) is 5.92 Å². The second-order valence-electron chi connectivity index (χ2n) is 7.32. The molecule has 0 unspecified atom stereocenters. The Morgan fingerprint density at radius 2 is 1.89 bits per heavy atom. The van der Waals surface area contributed by atoms with Gasteiger partial charge in [0.25, 0.3) is 5.89 Å². The second-order valence-corrected chi connectivity index (χ2v) is 7.32. The topological polar surface area (TPSA) is 73.8 Å². The summed E-state index contributed by atoms with van der Waals surface area (Å²) in [6.07, 6.45) is 2.31. The van der Waals surface area contributed by atoms with Crippen molar-refractivity contribution in [3.05, 3.63) is 40.6 Å². The second kappa shape index (κ2) is 7.86. The Balaban J connectivity index is 1.93. The fourth-order valence-corrected chi connectivity index (χ4v) is 3.39. The summed E-state index contributed by atoms with van der Waals surface area (Å²) in [5, 5.41) is 8.76. The van der Waals surface area contributed by atoms with Crippen LogP contribution in [-0.4, -0.2) is 26.2 Å². The summed E-state index contributed by atoms with van der Waals surface area (Å²) in [6.45, 7) is 11.3. The van der Waals surface area contributed by atoms with E-state index < -0.39 is 0 Å². The van der Waals surface area contributed by atoms with Gasteiger partial charge in [0.15, 0.2) is 5.69 Å². The van der Waals surface area contributed by atoms with E-state index in [1.54, 1.807) is 0 Å². The molecular formula is C21H26N4O2. The van der Waals surface area contributed by atoms with Crippen molar-refractivity contribution >= 4 is 6.29 Å². The van der Waals surface area contributed by atoms with Crippen molar-refractivity contribution in [2.75, 3.05) is 0 Å². The lowest BCUT2D eigenvalue weighted by molar-refractivity contribution is -0.107. The van der Waals surface area contributed by atoms with Gasteiger partial charge in [-0.2, -0.15) is 10.1 Å². The number of benzene rings is 1. The van der Waals surface area contributed by atoms with Gasteiger partial charge in [-0.1, -0.05) is 19.0 Å². The third-order valence-corrected chi connectivity index (χ3v) is 4.67. The van der Waals surface area contributed by atoms with Gasteiger partial charge in [0.1, 0.15) is 6.29 Å². The van der Waals surface area contributed by atoms with E-state index in [4.69, 9.17) is 4.52 Å². The van der Waals surface area contributed by atoms with E-state index in [0.717, 1.165) is 41.5 Å². The molecule has 0 atom stereocenters. The van der Waals surface area contributed by atoms with Gasteiger partial charge in [-0.25, -0.2) is 0 Å². The summed E-state index contributed by atoms with van der Waals surface area (Å²) in [4.78, 5) is 15.4. The van der Waals surface area contributed by atoms with Crippen molar-refractivity contribution in [1.82, 2.24) is 19.9 Å². The SMILES string of the molecule is CCn1nc(-c2nc(-c3cc(C)c(CC=O)c(C)c3)no2)cc1CC(C)C. The van der Waals surface area contributed by atoms with E-state index in [2.05, 4.69) is 36.0 Å². The zero-order chi connectivity index (χ0) is 19.6. The average Bonchev–Trinajstić information content (AvgIpc) is 3.24. The van der Waals surface area contributed by atoms with Gasteiger partial charge in [0.2, 0.25) is 5.82 Å². The van der Waals surface area contributed by atoms with Crippen LogP contribution in [0.25, 0.3) is 23.0 Å². The van der Waals surface area contributed by atoms with Crippen molar-refractivity contribution in [2.45, 2.75) is 54.0 Å². The molecule has 0 radical (unpaired) electrons. The number of aldehydes is 1. The lowest BCUT2D eigenvalue weighted by Crippen LogP contribution is -2.05. The van der Waals surface area contributed by atoms with Gasteiger partial charge in [-0.3, -0.25) is 4.68 Å². The van der Waals surface area contributed by atoms with E-state index in [-0.39, 0.29) is 0 Å². The van der Waals surface area contributed by atoms with Gasteiger partial charge in [0.05, 0.1) is 0 Å². The quantitative estimate of drug-likeness (QED) is 0.587. The van der Waals surface area contributed by atoms with Gasteiger partial charge < -0.3 is 9.32 Å². The summed E-state index contributed by atoms with van der Waals surface area (Å²) in [5.41, 5.74) is 5.92. The molecule has 0 amide bonds. The van der Waals surface area contributed by atoms with Crippen molar-refractivity contribution < 1.29 is 9.32 Å². The van der Waals surface area contributed by atoms with Crippen LogP contribution in [0.1, 0.15) is 43.2 Å². The van der Waals surface area contributed by atoms with Crippen molar-refractivity contribution in [3.63, 3.8) is 0 Å². The summed E-state index contributed by atoms with van der Waals surface area (Å²) >= 11 is 0. The van der Waals surface area contributed by atoms with Crippen LogP contribution in [0.5, 0.6) is 0 Å². The van der Waals surface area contributed by atoms with Crippen LogP contribution >= 0.6 is 0 Å². The molecule has 27 heavy (non-hydrogen) atoms. The molecule has 0 aliphatic heterocycles. The van der Waals surface area contributed by atoms with Crippen LogP contribution in [0.4, 0.5) is 0 Å². The predicted molar refractivity (Wildman–Crippen MR) is 104 cm³/mol. The highest BCUT2D eigenvalue weighted by Crippen LogP contribution is 2.26. The molecule has 2 heterocycles. The van der Waals surface area contributed by atoms with E-state index in [1.165, 1.54) is 5.69 Å². The molecule has 142 valence electrons. The highest BCUT2D eigenvalue weighted by Gasteiger charge is 2.17. The van der Waals surface area contributed by atoms with Gasteiger partial charge in [-0.05, 0) is 68.0 Å². The molecular weight excluding hydrogens is 340 g/mol. The van der Waals surface area contributed by atoms with Gasteiger partial charge in [0, 0.05) is 24.2 Å². The summed E-state index contributed by atoms with van der Waals surface area (Å²) < 4.78 is 7.48. The summed E-state index contributed by atoms with van der Waals surface area (Å²) in [6, 6.07) is 6.02. The van der Waals surface area contributed by atoms with E-state index in [9.17, 15) is 4.79 Å². The normalized spacial score (nSPS) is 11.3. The van der Waals surface area contributed by atoms with E-state index in [0.29, 0.717) is 29.7 Å². The minimum atomic E-state index is 0.419. The maximum absolute atomic E-state index is 10.9. The Bertz CT molecular complexity index is 930. The Kier molecular flexibility index (Phi) is 5.54. The fourth-order valence-electron chi connectivity index (χ4n) is 3.39. The largest absolute Gasteiger partial charge is 0.332 e. The number of aromatic nitrogens is 4. The molecule has 0 saturated heterocycles. The average molecular weight is 366 g/mol. The van der Waals surface area contributed by atoms with Gasteiger partial charge in [-0.15, -0.1) is 0 Å². The summed E-state index contributed by atoms with van der Waals surface area (Å²) in [7, 11) is 0. The van der Waals surface area contributed by atoms with Crippen LogP contribution in [0.2, 0.25) is 0 Å². The minimum absolute atomic E-state index is 0.419. The zero-order valence-corrected chi connectivity index (χ0v) is 16.6. The highest BCUT2D eigenvalue weighted by atomic mass is 16.5. The smallest absolute Gasteiger partial charge is 0.278 e. The van der Waals surface area contributed by atoms with Crippen LogP contribution in [0, 0.1) is 19.8 Å². The third-order valence-electron chi connectivity index (χ3n) is 4.67. The molecule has 3 aromatic rings. The van der Waals surface area contributed by atoms with Crippen LogP contribution in [-0.2, 0) is 24.2 Å². The first-order valence-corrected chi connectivity index (χ1v) is 9.37. The Hall–Kier alpha value is -2.76. The number of aryl methyl sites for hydroxylation is 3. The molecule has 1 aromatic carbocycles. The number of hydrogen-bond donors (Lipinski definition) is 0. The number of nitrogens with zero attached hydrogens (tertiary/aromatic N) is 4. The maximum atomic E-state index is 10.9. The monoisotopic (exact) mass is 366 g/mol. The standard InChI is InChI=1S/C21H26N4O2/c1-6-25-17(9-13(2)3)12-19(23-25)21-22-20(24-27-21)16-10-14(4)18(7-8-26)15(5)11-16/h8,10-13H,6-7,9H2,1-5H3.